The zero-order chi connectivity index (χ0) is 13.2. The van der Waals surface area contributed by atoms with Gasteiger partial charge >= 0.3 is 0 Å². The van der Waals surface area contributed by atoms with Gasteiger partial charge in [0.1, 0.15) is 4.75 Å². The summed E-state index contributed by atoms with van der Waals surface area (Å²) in [5.74, 6) is 0.312. The van der Waals surface area contributed by atoms with Gasteiger partial charge < -0.3 is 5.32 Å². The summed E-state index contributed by atoms with van der Waals surface area (Å²) in [5.41, 5.74) is 0.901. The average molecular weight is 263 g/mol. The molecule has 0 aliphatic carbocycles. The Balaban J connectivity index is 2.07. The molecule has 2 heterocycles. The summed E-state index contributed by atoms with van der Waals surface area (Å²) in [6.07, 6.45) is 1.74. The summed E-state index contributed by atoms with van der Waals surface area (Å²) in [4.78, 5) is 20.5. The van der Waals surface area contributed by atoms with Crippen LogP contribution in [0.2, 0.25) is 0 Å². The molecule has 0 radical (unpaired) electrons. The molecule has 1 N–H and O–H groups in total. The number of amidine groups is 1. The number of carbonyl (C=O) groups excluding carboxylic acids is 1. The normalized spacial score (nSPS) is 25.8. The molecular formula is C13H17N3OS. The van der Waals surface area contributed by atoms with Gasteiger partial charge in [0.15, 0.2) is 5.17 Å². The number of hydrogen-bond acceptors (Lipinski definition) is 4. The second-order valence-corrected chi connectivity index (χ2v) is 6.20. The van der Waals surface area contributed by atoms with E-state index >= 15 is 0 Å². The molecule has 1 saturated heterocycles. The Morgan fingerprint density at radius 1 is 1.50 bits per heavy atom. The van der Waals surface area contributed by atoms with Gasteiger partial charge in [-0.15, -0.1) is 0 Å². The molecule has 1 aliphatic rings. The Hall–Kier alpha value is -1.36. The Morgan fingerprint density at radius 3 is 2.83 bits per heavy atom. The van der Waals surface area contributed by atoms with E-state index < -0.39 is 4.75 Å². The van der Waals surface area contributed by atoms with Crippen LogP contribution in [0.4, 0.5) is 0 Å². The number of aromatic nitrogens is 1. The summed E-state index contributed by atoms with van der Waals surface area (Å²) < 4.78 is -0.414. The first-order chi connectivity index (χ1) is 8.52. The standard InChI is InChI=1S/C13H17N3OS/c1-9(2)13(3)11(17)16-12(18-13)15-8-10-6-4-5-7-14-10/h4-7,9H,8H2,1-3H3,(H,15,16,17)/t13-/m1/s1. The monoisotopic (exact) mass is 263 g/mol. The van der Waals surface area contributed by atoms with E-state index in [-0.39, 0.29) is 11.8 Å². The minimum atomic E-state index is -0.414. The molecular weight excluding hydrogens is 246 g/mol. The van der Waals surface area contributed by atoms with Crippen LogP contribution in [-0.4, -0.2) is 20.8 Å². The summed E-state index contributed by atoms with van der Waals surface area (Å²) in [7, 11) is 0. The van der Waals surface area contributed by atoms with Crippen LogP contribution in [-0.2, 0) is 11.3 Å². The highest BCUT2D eigenvalue weighted by Gasteiger charge is 2.44. The van der Waals surface area contributed by atoms with Crippen molar-refractivity contribution in [2.45, 2.75) is 32.1 Å². The fraction of sp³-hybridized carbons (Fsp3) is 0.462. The highest BCUT2D eigenvalue weighted by Crippen LogP contribution is 2.37. The van der Waals surface area contributed by atoms with Crippen LogP contribution in [0, 0.1) is 5.92 Å². The van der Waals surface area contributed by atoms with Gasteiger partial charge in [-0.25, -0.2) is 0 Å². The van der Waals surface area contributed by atoms with Gasteiger partial charge in [-0.3, -0.25) is 14.8 Å². The lowest BCUT2D eigenvalue weighted by Gasteiger charge is -2.22. The van der Waals surface area contributed by atoms with E-state index in [1.807, 2.05) is 39.0 Å². The number of thioether (sulfide) groups is 1. The van der Waals surface area contributed by atoms with E-state index in [1.54, 1.807) is 6.20 Å². The fourth-order valence-corrected chi connectivity index (χ4v) is 2.64. The van der Waals surface area contributed by atoms with Crippen molar-refractivity contribution >= 4 is 22.8 Å². The first-order valence-corrected chi connectivity index (χ1v) is 6.79. The van der Waals surface area contributed by atoms with Gasteiger partial charge in [0.05, 0.1) is 12.2 Å². The van der Waals surface area contributed by atoms with Crippen molar-refractivity contribution in [3.63, 3.8) is 0 Å². The Bertz CT molecular complexity index is 472. The Kier molecular flexibility index (Phi) is 3.71. The maximum absolute atomic E-state index is 11.9. The van der Waals surface area contributed by atoms with Crippen molar-refractivity contribution in [1.29, 1.82) is 0 Å². The molecule has 96 valence electrons. The van der Waals surface area contributed by atoms with Crippen LogP contribution in [0.15, 0.2) is 29.4 Å². The number of aliphatic imine (C=N–C) groups is 1. The third kappa shape index (κ3) is 2.56. The molecule has 0 aromatic carbocycles. The average Bonchev–Trinajstić information content (AvgIpc) is 2.65. The molecule has 1 fully saturated rings. The van der Waals surface area contributed by atoms with Gasteiger partial charge in [-0.1, -0.05) is 31.7 Å². The number of rotatable bonds is 3. The number of pyridine rings is 1. The van der Waals surface area contributed by atoms with Gasteiger partial charge in [-0.2, -0.15) is 0 Å². The summed E-state index contributed by atoms with van der Waals surface area (Å²) >= 11 is 1.51. The number of hydrogen-bond donors (Lipinski definition) is 1. The van der Waals surface area contributed by atoms with E-state index in [0.717, 1.165) is 5.69 Å². The van der Waals surface area contributed by atoms with Crippen molar-refractivity contribution in [2.24, 2.45) is 10.9 Å². The minimum absolute atomic E-state index is 0.0438. The molecule has 5 heteroatoms. The molecule has 1 aromatic rings. The maximum Gasteiger partial charge on any atom is 0.242 e. The Labute approximate surface area is 111 Å². The second kappa shape index (κ2) is 5.10. The van der Waals surface area contributed by atoms with Crippen LogP contribution in [0.1, 0.15) is 26.5 Å². The van der Waals surface area contributed by atoms with Crippen LogP contribution in [0.5, 0.6) is 0 Å². The van der Waals surface area contributed by atoms with Crippen LogP contribution >= 0.6 is 11.8 Å². The lowest BCUT2D eigenvalue weighted by atomic mass is 9.96. The van der Waals surface area contributed by atoms with Crippen molar-refractivity contribution in [1.82, 2.24) is 10.3 Å². The van der Waals surface area contributed by atoms with Crippen LogP contribution in [0.25, 0.3) is 0 Å². The van der Waals surface area contributed by atoms with E-state index in [4.69, 9.17) is 0 Å². The zero-order valence-electron chi connectivity index (χ0n) is 10.8. The third-order valence-electron chi connectivity index (χ3n) is 3.19. The predicted octanol–water partition coefficient (Wildman–Crippen LogP) is 2.22. The summed E-state index contributed by atoms with van der Waals surface area (Å²) in [6.45, 7) is 6.56. The van der Waals surface area contributed by atoms with Gasteiger partial charge in [0, 0.05) is 6.20 Å². The van der Waals surface area contributed by atoms with E-state index in [0.29, 0.717) is 11.7 Å². The van der Waals surface area contributed by atoms with Crippen LogP contribution in [0.3, 0.4) is 0 Å². The highest BCUT2D eigenvalue weighted by molar-refractivity contribution is 8.16. The molecule has 18 heavy (non-hydrogen) atoms. The van der Waals surface area contributed by atoms with Crippen LogP contribution < -0.4 is 5.32 Å². The number of carbonyl (C=O) groups is 1. The molecule has 0 saturated carbocycles. The van der Waals surface area contributed by atoms with Crippen molar-refractivity contribution in [3.8, 4) is 0 Å². The number of nitrogens with one attached hydrogen (secondary N) is 1. The molecule has 0 spiro atoms. The van der Waals surface area contributed by atoms with Crippen molar-refractivity contribution in [3.05, 3.63) is 30.1 Å². The molecule has 0 unspecified atom stereocenters. The van der Waals surface area contributed by atoms with E-state index in [9.17, 15) is 4.79 Å². The molecule has 1 aliphatic heterocycles. The smallest absolute Gasteiger partial charge is 0.242 e. The first-order valence-electron chi connectivity index (χ1n) is 5.97. The molecule has 2 rings (SSSR count). The molecule has 0 bridgehead atoms. The van der Waals surface area contributed by atoms with Crippen molar-refractivity contribution < 1.29 is 4.79 Å². The Morgan fingerprint density at radius 2 is 2.28 bits per heavy atom. The number of amides is 1. The maximum atomic E-state index is 11.9. The van der Waals surface area contributed by atoms with Gasteiger partial charge in [-0.05, 0) is 25.0 Å². The molecule has 1 aromatic heterocycles. The van der Waals surface area contributed by atoms with E-state index in [2.05, 4.69) is 15.3 Å². The quantitative estimate of drug-likeness (QED) is 0.909. The highest BCUT2D eigenvalue weighted by atomic mass is 32.2. The zero-order valence-corrected chi connectivity index (χ0v) is 11.6. The molecule has 1 atom stereocenters. The lowest BCUT2D eigenvalue weighted by molar-refractivity contribution is -0.122. The van der Waals surface area contributed by atoms with Crippen molar-refractivity contribution in [2.75, 3.05) is 0 Å². The van der Waals surface area contributed by atoms with Gasteiger partial charge in [0.25, 0.3) is 0 Å². The predicted molar refractivity (Wildman–Crippen MR) is 74.4 cm³/mol. The fourth-order valence-electron chi connectivity index (χ4n) is 1.59. The summed E-state index contributed by atoms with van der Waals surface area (Å²) in [6, 6.07) is 5.73. The van der Waals surface area contributed by atoms with Gasteiger partial charge in [0.2, 0.25) is 5.91 Å². The first kappa shape index (κ1) is 13.1. The number of nitrogens with zero attached hydrogens (tertiary/aromatic N) is 2. The molecule has 4 nitrogen and oxygen atoms in total. The minimum Gasteiger partial charge on any atom is -0.304 e. The topological polar surface area (TPSA) is 54.4 Å². The molecule has 1 amide bonds. The van der Waals surface area contributed by atoms with E-state index in [1.165, 1.54) is 11.8 Å². The summed E-state index contributed by atoms with van der Waals surface area (Å²) in [5, 5.41) is 3.54. The third-order valence-corrected chi connectivity index (χ3v) is 4.70. The largest absolute Gasteiger partial charge is 0.304 e. The SMILES string of the molecule is CC(C)[C@@]1(C)SC(=NCc2ccccn2)NC1=O. The lowest BCUT2D eigenvalue weighted by Crippen LogP contribution is -2.38. The second-order valence-electron chi connectivity index (χ2n) is 4.76.